The summed E-state index contributed by atoms with van der Waals surface area (Å²) in [6.45, 7) is 13.4. The highest BCUT2D eigenvalue weighted by molar-refractivity contribution is 5.85. The lowest BCUT2D eigenvalue weighted by atomic mass is 9.89. The minimum absolute atomic E-state index is 0.0407. The first-order valence-electron chi connectivity index (χ1n) is 8.64. The second kappa shape index (κ2) is 9.87. The monoisotopic (exact) mass is 345 g/mol. The maximum Gasteiger partial charge on any atom is 0.413 e. The van der Waals surface area contributed by atoms with E-state index < -0.39 is 23.2 Å². The summed E-state index contributed by atoms with van der Waals surface area (Å²) >= 11 is 0. The van der Waals surface area contributed by atoms with Crippen LogP contribution in [0.2, 0.25) is 0 Å². The van der Waals surface area contributed by atoms with Crippen molar-refractivity contribution < 1.29 is 23.8 Å². The standard InChI is InChI=1S/C18H35NO5/c1-9-10-11-23-15(20)18(7,12-14(2)3)19(13-22-8)16(21)24-17(4,5)6/h14H,9-13H2,1-8H3/t18-/m0/s1. The normalized spacial score (nSPS) is 14.2. The van der Waals surface area contributed by atoms with Gasteiger partial charge in [-0.3, -0.25) is 4.90 Å². The molecule has 0 spiro atoms. The average molecular weight is 345 g/mol. The largest absolute Gasteiger partial charge is 0.464 e. The Labute approximate surface area is 146 Å². The van der Waals surface area contributed by atoms with Crippen LogP contribution in [-0.4, -0.2) is 48.5 Å². The molecule has 0 heterocycles. The highest BCUT2D eigenvalue weighted by Crippen LogP contribution is 2.28. The summed E-state index contributed by atoms with van der Waals surface area (Å²) in [6, 6.07) is 0. The molecule has 0 aromatic rings. The molecule has 0 saturated carbocycles. The Morgan fingerprint density at radius 3 is 2.12 bits per heavy atom. The molecule has 6 heteroatoms. The molecule has 0 N–H and O–H groups in total. The average Bonchev–Trinajstić information content (AvgIpc) is 2.41. The number of nitrogens with zero attached hydrogens (tertiary/aromatic N) is 1. The Morgan fingerprint density at radius 2 is 1.71 bits per heavy atom. The molecule has 0 saturated heterocycles. The van der Waals surface area contributed by atoms with E-state index in [2.05, 4.69) is 0 Å². The Morgan fingerprint density at radius 1 is 1.12 bits per heavy atom. The Kier molecular flexibility index (Phi) is 9.33. The summed E-state index contributed by atoms with van der Waals surface area (Å²) in [5.74, 6) is -0.233. The van der Waals surface area contributed by atoms with Crippen LogP contribution >= 0.6 is 0 Å². The van der Waals surface area contributed by atoms with Crippen molar-refractivity contribution in [3.8, 4) is 0 Å². The maximum absolute atomic E-state index is 12.7. The van der Waals surface area contributed by atoms with Gasteiger partial charge < -0.3 is 14.2 Å². The molecule has 6 nitrogen and oxygen atoms in total. The van der Waals surface area contributed by atoms with E-state index in [0.717, 1.165) is 12.8 Å². The fraction of sp³-hybridized carbons (Fsp3) is 0.889. The van der Waals surface area contributed by atoms with Crippen LogP contribution in [0.4, 0.5) is 4.79 Å². The summed E-state index contributed by atoms with van der Waals surface area (Å²) in [5.41, 5.74) is -1.80. The number of esters is 1. The van der Waals surface area contributed by atoms with Gasteiger partial charge in [-0.2, -0.15) is 0 Å². The fourth-order valence-corrected chi connectivity index (χ4v) is 2.41. The highest BCUT2D eigenvalue weighted by atomic mass is 16.6. The summed E-state index contributed by atoms with van der Waals surface area (Å²) < 4.78 is 16.0. The number of hydrogen-bond donors (Lipinski definition) is 0. The molecule has 0 radical (unpaired) electrons. The third-order valence-electron chi connectivity index (χ3n) is 3.44. The zero-order valence-corrected chi connectivity index (χ0v) is 16.6. The lowest BCUT2D eigenvalue weighted by Gasteiger charge is -2.40. The van der Waals surface area contributed by atoms with Crippen molar-refractivity contribution in [1.82, 2.24) is 4.90 Å². The van der Waals surface area contributed by atoms with Crippen LogP contribution in [0.1, 0.15) is 67.7 Å². The van der Waals surface area contributed by atoms with E-state index in [1.54, 1.807) is 27.7 Å². The zero-order valence-electron chi connectivity index (χ0n) is 16.6. The molecule has 0 aromatic heterocycles. The van der Waals surface area contributed by atoms with Crippen molar-refractivity contribution in [2.24, 2.45) is 5.92 Å². The Hall–Kier alpha value is -1.30. The van der Waals surface area contributed by atoms with Gasteiger partial charge >= 0.3 is 12.1 Å². The lowest BCUT2D eigenvalue weighted by Crippen LogP contribution is -2.58. The van der Waals surface area contributed by atoms with Gasteiger partial charge in [0.25, 0.3) is 0 Å². The van der Waals surface area contributed by atoms with Crippen molar-refractivity contribution in [3.05, 3.63) is 0 Å². The number of ether oxygens (including phenoxy) is 3. The molecule has 0 aliphatic rings. The van der Waals surface area contributed by atoms with Gasteiger partial charge in [-0.05, 0) is 46.5 Å². The number of rotatable bonds is 9. The second-order valence-corrected chi connectivity index (χ2v) is 7.69. The number of amides is 1. The number of carbonyl (C=O) groups is 2. The van der Waals surface area contributed by atoms with E-state index in [-0.39, 0.29) is 12.6 Å². The molecule has 0 aromatic carbocycles. The van der Waals surface area contributed by atoms with Crippen LogP contribution in [0, 0.1) is 5.92 Å². The van der Waals surface area contributed by atoms with Gasteiger partial charge in [-0.1, -0.05) is 27.2 Å². The van der Waals surface area contributed by atoms with Crippen LogP contribution in [0.25, 0.3) is 0 Å². The molecule has 0 bridgehead atoms. The smallest absolute Gasteiger partial charge is 0.413 e. The predicted octanol–water partition coefficient (Wildman–Crippen LogP) is 3.98. The molecule has 0 aliphatic heterocycles. The summed E-state index contributed by atoms with van der Waals surface area (Å²) in [5, 5.41) is 0. The van der Waals surface area contributed by atoms with Crippen LogP contribution in [0.5, 0.6) is 0 Å². The van der Waals surface area contributed by atoms with Gasteiger partial charge in [0, 0.05) is 7.11 Å². The van der Waals surface area contributed by atoms with Crippen LogP contribution in [-0.2, 0) is 19.0 Å². The molecular formula is C18H35NO5. The second-order valence-electron chi connectivity index (χ2n) is 7.69. The third kappa shape index (κ3) is 7.51. The highest BCUT2D eigenvalue weighted by Gasteiger charge is 2.45. The number of methoxy groups -OCH3 is 1. The van der Waals surface area contributed by atoms with Gasteiger partial charge in [-0.15, -0.1) is 0 Å². The van der Waals surface area contributed by atoms with Gasteiger partial charge in [-0.25, -0.2) is 9.59 Å². The third-order valence-corrected chi connectivity index (χ3v) is 3.44. The van der Waals surface area contributed by atoms with E-state index in [1.807, 2.05) is 20.8 Å². The molecule has 1 amide bonds. The van der Waals surface area contributed by atoms with Crippen molar-refractivity contribution >= 4 is 12.1 Å². The lowest BCUT2D eigenvalue weighted by molar-refractivity contribution is -0.161. The molecule has 1 atom stereocenters. The number of hydrogen-bond acceptors (Lipinski definition) is 5. The molecule has 142 valence electrons. The van der Waals surface area contributed by atoms with Crippen LogP contribution < -0.4 is 0 Å². The zero-order chi connectivity index (χ0) is 19.0. The Balaban J connectivity index is 5.50. The molecule has 0 aliphatic carbocycles. The summed E-state index contributed by atoms with van der Waals surface area (Å²) in [4.78, 5) is 26.7. The van der Waals surface area contributed by atoms with E-state index in [1.165, 1.54) is 12.0 Å². The maximum atomic E-state index is 12.7. The van der Waals surface area contributed by atoms with E-state index in [0.29, 0.717) is 13.0 Å². The van der Waals surface area contributed by atoms with E-state index in [4.69, 9.17) is 14.2 Å². The first kappa shape index (κ1) is 22.7. The number of carbonyl (C=O) groups excluding carboxylic acids is 2. The number of unbranched alkanes of at least 4 members (excludes halogenated alkanes) is 1. The summed E-state index contributed by atoms with van der Waals surface area (Å²) in [7, 11) is 1.48. The first-order valence-corrected chi connectivity index (χ1v) is 8.64. The molecular weight excluding hydrogens is 310 g/mol. The minimum atomic E-state index is -1.14. The van der Waals surface area contributed by atoms with Gasteiger partial charge in [0.05, 0.1) is 6.61 Å². The topological polar surface area (TPSA) is 65.1 Å². The van der Waals surface area contributed by atoms with Crippen molar-refractivity contribution in [3.63, 3.8) is 0 Å². The van der Waals surface area contributed by atoms with Crippen LogP contribution in [0.3, 0.4) is 0 Å². The molecule has 0 unspecified atom stereocenters. The van der Waals surface area contributed by atoms with Crippen LogP contribution in [0.15, 0.2) is 0 Å². The van der Waals surface area contributed by atoms with E-state index in [9.17, 15) is 9.59 Å². The van der Waals surface area contributed by atoms with Crippen molar-refractivity contribution in [2.45, 2.75) is 78.9 Å². The predicted molar refractivity (Wildman–Crippen MR) is 93.7 cm³/mol. The van der Waals surface area contributed by atoms with E-state index >= 15 is 0 Å². The first-order chi connectivity index (χ1) is 11.0. The SMILES string of the molecule is CCCCOC(=O)[C@](C)(CC(C)C)N(COC)C(=O)OC(C)(C)C. The van der Waals surface area contributed by atoms with Crippen molar-refractivity contribution in [2.75, 3.05) is 20.4 Å². The van der Waals surface area contributed by atoms with Gasteiger partial charge in [0.15, 0.2) is 0 Å². The minimum Gasteiger partial charge on any atom is -0.464 e. The Bertz CT molecular complexity index is 403. The molecule has 0 fully saturated rings. The fourth-order valence-electron chi connectivity index (χ4n) is 2.41. The van der Waals surface area contributed by atoms with Gasteiger partial charge in [0.2, 0.25) is 0 Å². The van der Waals surface area contributed by atoms with Crippen molar-refractivity contribution in [1.29, 1.82) is 0 Å². The molecule has 0 rings (SSSR count). The summed E-state index contributed by atoms with van der Waals surface area (Å²) in [6.07, 6.45) is 1.60. The molecule has 24 heavy (non-hydrogen) atoms. The van der Waals surface area contributed by atoms with Gasteiger partial charge in [0.1, 0.15) is 17.9 Å². The quantitative estimate of drug-likeness (QED) is 0.359.